The molecule has 7 heteroatoms. The maximum Gasteiger partial charge on any atom is 0.322 e. The molecule has 0 saturated heterocycles. The van der Waals surface area contributed by atoms with E-state index in [2.05, 4.69) is 10.6 Å². The summed E-state index contributed by atoms with van der Waals surface area (Å²) in [5, 5.41) is 13.5. The minimum Gasteiger partial charge on any atom is -0.480 e. The summed E-state index contributed by atoms with van der Waals surface area (Å²) >= 11 is 0. The van der Waals surface area contributed by atoms with Gasteiger partial charge in [-0.05, 0) is 37.1 Å². The highest BCUT2D eigenvalue weighted by molar-refractivity contribution is 5.97. The number of benzene rings is 1. The number of amides is 2. The summed E-state index contributed by atoms with van der Waals surface area (Å²) in [6.45, 7) is -0.415. The Morgan fingerprint density at radius 3 is 2.39 bits per heavy atom. The Bertz CT molecular complexity index is 564. The first-order chi connectivity index (χ1) is 11.0. The van der Waals surface area contributed by atoms with Crippen molar-refractivity contribution in [2.45, 2.75) is 31.8 Å². The van der Waals surface area contributed by atoms with Crippen LogP contribution in [0.25, 0.3) is 0 Å². The van der Waals surface area contributed by atoms with Gasteiger partial charge in [-0.1, -0.05) is 12.8 Å². The molecule has 23 heavy (non-hydrogen) atoms. The topological polar surface area (TPSA) is 105 Å². The van der Waals surface area contributed by atoms with E-state index in [0.717, 1.165) is 25.7 Å². The molecule has 0 aromatic heterocycles. The number of nitrogens with one attached hydrogen (secondary N) is 2. The molecule has 3 N–H and O–H groups in total. The Hall–Kier alpha value is -2.41. The molecular weight excluding hydrogens is 300 g/mol. The third-order valence-corrected chi connectivity index (χ3v) is 3.58. The molecule has 2 rings (SSSR count). The van der Waals surface area contributed by atoms with Gasteiger partial charge in [0.1, 0.15) is 13.2 Å². The molecular formula is C16H20N2O5. The van der Waals surface area contributed by atoms with Crippen molar-refractivity contribution in [2.75, 3.05) is 18.5 Å². The Morgan fingerprint density at radius 1 is 1.13 bits per heavy atom. The van der Waals surface area contributed by atoms with Crippen LogP contribution < -0.4 is 10.6 Å². The zero-order valence-corrected chi connectivity index (χ0v) is 12.7. The minimum absolute atomic E-state index is 0.0194. The van der Waals surface area contributed by atoms with E-state index in [0.29, 0.717) is 11.3 Å². The fourth-order valence-corrected chi connectivity index (χ4v) is 2.41. The molecule has 1 aromatic rings. The van der Waals surface area contributed by atoms with E-state index in [9.17, 15) is 14.4 Å². The number of hydrogen-bond donors (Lipinski definition) is 3. The normalized spacial score (nSPS) is 14.4. The summed E-state index contributed by atoms with van der Waals surface area (Å²) < 4.78 is 5.52. The molecule has 2 amide bonds. The van der Waals surface area contributed by atoms with Crippen LogP contribution in [0.3, 0.4) is 0 Å². The first-order valence-corrected chi connectivity index (χ1v) is 7.56. The molecule has 0 atom stereocenters. The van der Waals surface area contributed by atoms with Gasteiger partial charge in [-0.2, -0.15) is 0 Å². The molecule has 0 aliphatic heterocycles. The highest BCUT2D eigenvalue weighted by atomic mass is 16.5. The van der Waals surface area contributed by atoms with Crippen molar-refractivity contribution in [1.29, 1.82) is 0 Å². The van der Waals surface area contributed by atoms with Gasteiger partial charge in [0.05, 0.1) is 6.10 Å². The van der Waals surface area contributed by atoms with Crippen LogP contribution in [0.5, 0.6) is 0 Å². The lowest BCUT2D eigenvalue weighted by atomic mass is 10.2. The number of carbonyl (C=O) groups excluding carboxylic acids is 2. The molecule has 0 heterocycles. The number of carboxylic acids is 1. The third kappa shape index (κ3) is 5.71. The van der Waals surface area contributed by atoms with Gasteiger partial charge in [0.2, 0.25) is 5.91 Å². The van der Waals surface area contributed by atoms with Crippen LogP contribution in [-0.2, 0) is 14.3 Å². The third-order valence-electron chi connectivity index (χ3n) is 3.58. The van der Waals surface area contributed by atoms with Crippen molar-refractivity contribution in [2.24, 2.45) is 0 Å². The second kappa shape index (κ2) is 8.28. The highest BCUT2D eigenvalue weighted by Crippen LogP contribution is 2.20. The van der Waals surface area contributed by atoms with Gasteiger partial charge in [-0.25, -0.2) is 0 Å². The van der Waals surface area contributed by atoms with Crippen LogP contribution in [-0.4, -0.2) is 42.1 Å². The largest absolute Gasteiger partial charge is 0.480 e. The summed E-state index contributed by atoms with van der Waals surface area (Å²) in [4.78, 5) is 33.8. The van der Waals surface area contributed by atoms with Crippen LogP contribution in [0.4, 0.5) is 5.69 Å². The lowest BCUT2D eigenvalue weighted by molar-refractivity contribution is -0.135. The summed E-state index contributed by atoms with van der Waals surface area (Å²) in [5.74, 6) is -1.82. The van der Waals surface area contributed by atoms with Gasteiger partial charge in [-0.15, -0.1) is 0 Å². The SMILES string of the molecule is O=C(O)CNC(=O)c1ccc(NC(=O)COC2CCCC2)cc1. The van der Waals surface area contributed by atoms with E-state index >= 15 is 0 Å². The predicted molar refractivity (Wildman–Crippen MR) is 83.2 cm³/mol. The number of anilines is 1. The van der Waals surface area contributed by atoms with Crippen molar-refractivity contribution in [1.82, 2.24) is 5.32 Å². The molecule has 1 fully saturated rings. The molecule has 124 valence electrons. The van der Waals surface area contributed by atoms with Crippen molar-refractivity contribution in [3.05, 3.63) is 29.8 Å². The molecule has 7 nitrogen and oxygen atoms in total. The Morgan fingerprint density at radius 2 is 1.78 bits per heavy atom. The Labute approximate surface area is 134 Å². The highest BCUT2D eigenvalue weighted by Gasteiger charge is 2.16. The smallest absolute Gasteiger partial charge is 0.322 e. The van der Waals surface area contributed by atoms with Gasteiger partial charge in [-0.3, -0.25) is 14.4 Å². The van der Waals surface area contributed by atoms with Crippen LogP contribution in [0, 0.1) is 0 Å². The van der Waals surface area contributed by atoms with Gasteiger partial charge >= 0.3 is 5.97 Å². The number of carbonyl (C=O) groups is 3. The van der Waals surface area contributed by atoms with E-state index in [1.807, 2.05) is 0 Å². The van der Waals surface area contributed by atoms with E-state index in [1.165, 1.54) is 12.1 Å². The van der Waals surface area contributed by atoms with Gasteiger partial charge < -0.3 is 20.5 Å². The van der Waals surface area contributed by atoms with E-state index in [-0.39, 0.29) is 18.6 Å². The van der Waals surface area contributed by atoms with Crippen molar-refractivity contribution in [3.63, 3.8) is 0 Å². The summed E-state index contributed by atoms with van der Waals surface area (Å²) in [5.41, 5.74) is 0.881. The fraction of sp³-hybridized carbons (Fsp3) is 0.438. The predicted octanol–water partition coefficient (Wildman–Crippen LogP) is 1.40. The van der Waals surface area contributed by atoms with Crippen LogP contribution in [0.1, 0.15) is 36.0 Å². The minimum atomic E-state index is -1.11. The van der Waals surface area contributed by atoms with Gasteiger partial charge in [0.15, 0.2) is 0 Å². The molecule has 1 aliphatic carbocycles. The van der Waals surface area contributed by atoms with Crippen molar-refractivity contribution < 1.29 is 24.2 Å². The standard InChI is InChI=1S/C16H20N2O5/c19-14(10-23-13-3-1-2-4-13)18-12-7-5-11(6-8-12)16(22)17-9-15(20)21/h5-8,13H,1-4,9-10H2,(H,17,22)(H,18,19)(H,20,21). The number of ether oxygens (including phenoxy) is 1. The van der Waals surface area contributed by atoms with Crippen molar-refractivity contribution >= 4 is 23.5 Å². The van der Waals surface area contributed by atoms with Gasteiger partial charge in [0, 0.05) is 11.3 Å². The molecule has 0 radical (unpaired) electrons. The molecule has 0 unspecified atom stereocenters. The zero-order chi connectivity index (χ0) is 16.7. The second-order valence-corrected chi connectivity index (χ2v) is 5.42. The number of aliphatic carboxylic acids is 1. The molecule has 1 aromatic carbocycles. The molecule has 1 aliphatic rings. The maximum absolute atomic E-state index is 11.8. The summed E-state index contributed by atoms with van der Waals surface area (Å²) in [7, 11) is 0. The number of carboxylic acid groups (broad SMARTS) is 1. The fourth-order valence-electron chi connectivity index (χ4n) is 2.41. The summed E-state index contributed by atoms with van der Waals surface area (Å²) in [6.07, 6.45) is 4.50. The lowest BCUT2D eigenvalue weighted by Gasteiger charge is -2.11. The molecule has 0 bridgehead atoms. The quantitative estimate of drug-likeness (QED) is 0.704. The Balaban J connectivity index is 1.78. The van der Waals surface area contributed by atoms with Crippen LogP contribution >= 0.6 is 0 Å². The molecule has 1 saturated carbocycles. The van der Waals surface area contributed by atoms with Crippen molar-refractivity contribution in [3.8, 4) is 0 Å². The number of rotatable bonds is 7. The first-order valence-electron chi connectivity index (χ1n) is 7.56. The second-order valence-electron chi connectivity index (χ2n) is 5.42. The average Bonchev–Trinajstić information content (AvgIpc) is 3.05. The monoisotopic (exact) mass is 320 g/mol. The Kier molecular flexibility index (Phi) is 6.10. The first kappa shape index (κ1) is 17.0. The molecule has 0 spiro atoms. The van der Waals surface area contributed by atoms with E-state index in [1.54, 1.807) is 12.1 Å². The lowest BCUT2D eigenvalue weighted by Crippen LogP contribution is -2.29. The van der Waals surface area contributed by atoms with Gasteiger partial charge in [0.25, 0.3) is 5.91 Å². The van der Waals surface area contributed by atoms with E-state index in [4.69, 9.17) is 9.84 Å². The number of hydrogen-bond acceptors (Lipinski definition) is 4. The maximum atomic E-state index is 11.8. The summed E-state index contributed by atoms with van der Waals surface area (Å²) in [6, 6.07) is 6.21. The van der Waals surface area contributed by atoms with Crippen LogP contribution in [0.2, 0.25) is 0 Å². The zero-order valence-electron chi connectivity index (χ0n) is 12.7. The van der Waals surface area contributed by atoms with E-state index < -0.39 is 18.4 Å². The average molecular weight is 320 g/mol. The van der Waals surface area contributed by atoms with Crippen LogP contribution in [0.15, 0.2) is 24.3 Å².